The van der Waals surface area contributed by atoms with E-state index in [0.29, 0.717) is 19.5 Å². The quantitative estimate of drug-likeness (QED) is 0.869. The van der Waals surface area contributed by atoms with Crippen LogP contribution in [0.1, 0.15) is 18.9 Å². The highest BCUT2D eigenvalue weighted by Crippen LogP contribution is 2.18. The van der Waals surface area contributed by atoms with Crippen LogP contribution in [0.4, 0.5) is 10.1 Å². The van der Waals surface area contributed by atoms with Gasteiger partial charge < -0.3 is 10.0 Å². The second-order valence-electron chi connectivity index (χ2n) is 4.90. The van der Waals surface area contributed by atoms with E-state index in [0.717, 1.165) is 11.3 Å². The molecule has 0 saturated heterocycles. The number of nitrogens with zero attached hydrogens (tertiary/aromatic N) is 1. The predicted octanol–water partition coefficient (Wildman–Crippen LogP) is 3.60. The number of anilines is 1. The van der Waals surface area contributed by atoms with Gasteiger partial charge in [-0.2, -0.15) is 0 Å². The number of hydrogen-bond acceptors (Lipinski definition) is 2. The Bertz CT molecular complexity index is 512. The van der Waals surface area contributed by atoms with Crippen molar-refractivity contribution < 1.29 is 9.50 Å². The third-order valence-electron chi connectivity index (χ3n) is 3.31. The van der Waals surface area contributed by atoms with Crippen LogP contribution >= 0.6 is 0 Å². The Morgan fingerprint density at radius 2 is 1.70 bits per heavy atom. The molecule has 0 bridgehead atoms. The number of halogens is 1. The highest BCUT2D eigenvalue weighted by atomic mass is 19.1. The van der Waals surface area contributed by atoms with E-state index >= 15 is 0 Å². The fourth-order valence-corrected chi connectivity index (χ4v) is 2.09. The summed E-state index contributed by atoms with van der Waals surface area (Å²) in [5, 5.41) is 9.91. The van der Waals surface area contributed by atoms with Crippen molar-refractivity contribution in [1.82, 2.24) is 0 Å². The number of hydrogen-bond donors (Lipinski definition) is 1. The van der Waals surface area contributed by atoms with Crippen LogP contribution in [0.3, 0.4) is 0 Å². The molecule has 1 atom stereocenters. The first-order chi connectivity index (χ1) is 9.69. The van der Waals surface area contributed by atoms with Gasteiger partial charge in [0.2, 0.25) is 0 Å². The smallest absolute Gasteiger partial charge is 0.123 e. The van der Waals surface area contributed by atoms with E-state index < -0.39 is 0 Å². The molecule has 0 amide bonds. The molecule has 0 fully saturated rings. The number of para-hydroxylation sites is 1. The van der Waals surface area contributed by atoms with Crippen LogP contribution in [0, 0.1) is 5.82 Å². The average Bonchev–Trinajstić information content (AvgIpc) is 2.49. The molecule has 106 valence electrons. The predicted molar refractivity (Wildman–Crippen MR) is 80.2 cm³/mol. The van der Waals surface area contributed by atoms with Gasteiger partial charge in [-0.25, -0.2) is 4.39 Å². The van der Waals surface area contributed by atoms with Gasteiger partial charge in [0.15, 0.2) is 0 Å². The Labute approximate surface area is 119 Å². The molecule has 2 aromatic rings. The summed E-state index contributed by atoms with van der Waals surface area (Å²) in [5.74, 6) is -0.228. The Kier molecular flexibility index (Phi) is 5.13. The summed E-state index contributed by atoms with van der Waals surface area (Å²) >= 11 is 0. The summed E-state index contributed by atoms with van der Waals surface area (Å²) in [5.41, 5.74) is 2.09. The first-order valence-corrected chi connectivity index (χ1v) is 6.91. The van der Waals surface area contributed by atoms with Crippen LogP contribution in [0.5, 0.6) is 0 Å². The van der Waals surface area contributed by atoms with Gasteiger partial charge in [0.25, 0.3) is 0 Å². The monoisotopic (exact) mass is 273 g/mol. The third-order valence-corrected chi connectivity index (χ3v) is 3.31. The highest BCUT2D eigenvalue weighted by Gasteiger charge is 2.11. The van der Waals surface area contributed by atoms with Crippen molar-refractivity contribution in [3.05, 3.63) is 66.0 Å². The molecule has 0 saturated carbocycles. The first-order valence-electron chi connectivity index (χ1n) is 6.91. The van der Waals surface area contributed by atoms with E-state index in [2.05, 4.69) is 4.90 Å². The Morgan fingerprint density at radius 1 is 1.05 bits per heavy atom. The second kappa shape index (κ2) is 7.06. The summed E-state index contributed by atoms with van der Waals surface area (Å²) < 4.78 is 13.0. The molecule has 0 aromatic heterocycles. The normalized spacial score (nSPS) is 12.2. The van der Waals surface area contributed by atoms with Crippen LogP contribution in [0.25, 0.3) is 0 Å². The summed E-state index contributed by atoms with van der Waals surface area (Å²) in [6.45, 7) is 3.19. The molecule has 2 aromatic carbocycles. The Balaban J connectivity index is 2.16. The number of benzene rings is 2. The van der Waals surface area contributed by atoms with E-state index in [1.54, 1.807) is 12.1 Å². The third kappa shape index (κ3) is 4.07. The van der Waals surface area contributed by atoms with Gasteiger partial charge in [0, 0.05) is 18.8 Å². The number of rotatable bonds is 6. The van der Waals surface area contributed by atoms with Gasteiger partial charge in [-0.1, -0.05) is 37.3 Å². The maximum absolute atomic E-state index is 13.0. The molecular weight excluding hydrogens is 253 g/mol. The van der Waals surface area contributed by atoms with Gasteiger partial charge in [0.05, 0.1) is 6.10 Å². The van der Waals surface area contributed by atoms with Crippen LogP contribution in [-0.4, -0.2) is 17.8 Å². The van der Waals surface area contributed by atoms with Crippen LogP contribution in [0.15, 0.2) is 54.6 Å². The summed E-state index contributed by atoms with van der Waals surface area (Å²) in [6, 6.07) is 16.5. The maximum Gasteiger partial charge on any atom is 0.123 e. The first kappa shape index (κ1) is 14.5. The molecule has 0 spiro atoms. The molecule has 0 aliphatic heterocycles. The highest BCUT2D eigenvalue weighted by molar-refractivity contribution is 5.46. The Morgan fingerprint density at radius 3 is 2.30 bits per heavy atom. The van der Waals surface area contributed by atoms with E-state index in [4.69, 9.17) is 0 Å². The van der Waals surface area contributed by atoms with Crippen molar-refractivity contribution >= 4 is 5.69 Å². The van der Waals surface area contributed by atoms with E-state index in [-0.39, 0.29) is 11.9 Å². The molecule has 0 aliphatic rings. The van der Waals surface area contributed by atoms with Crippen molar-refractivity contribution in [3.63, 3.8) is 0 Å². The zero-order valence-electron chi connectivity index (χ0n) is 11.7. The van der Waals surface area contributed by atoms with Gasteiger partial charge in [-0.05, 0) is 36.2 Å². The van der Waals surface area contributed by atoms with Gasteiger partial charge in [-0.15, -0.1) is 0 Å². The zero-order chi connectivity index (χ0) is 14.4. The zero-order valence-corrected chi connectivity index (χ0v) is 11.7. The fraction of sp³-hybridized carbons (Fsp3) is 0.294. The minimum atomic E-state index is -0.365. The molecule has 1 N–H and O–H groups in total. The molecule has 20 heavy (non-hydrogen) atoms. The van der Waals surface area contributed by atoms with Crippen molar-refractivity contribution in [2.75, 3.05) is 11.4 Å². The van der Waals surface area contributed by atoms with E-state index in [1.807, 2.05) is 37.3 Å². The summed E-state index contributed by atoms with van der Waals surface area (Å²) in [4.78, 5) is 2.11. The van der Waals surface area contributed by atoms with Gasteiger partial charge in [0.1, 0.15) is 5.82 Å². The number of aliphatic hydroxyl groups is 1. The molecule has 0 heterocycles. The largest absolute Gasteiger partial charge is 0.391 e. The SMILES string of the molecule is CCC(O)CN(Cc1ccc(F)cc1)c1ccccc1. The maximum atomic E-state index is 13.0. The average molecular weight is 273 g/mol. The molecule has 2 rings (SSSR count). The van der Waals surface area contributed by atoms with Crippen LogP contribution < -0.4 is 4.90 Å². The molecule has 0 aliphatic carbocycles. The molecule has 0 radical (unpaired) electrons. The fourth-order valence-electron chi connectivity index (χ4n) is 2.09. The van der Waals surface area contributed by atoms with Crippen LogP contribution in [0.2, 0.25) is 0 Å². The van der Waals surface area contributed by atoms with Crippen LogP contribution in [-0.2, 0) is 6.54 Å². The van der Waals surface area contributed by atoms with Gasteiger partial charge >= 0.3 is 0 Å². The van der Waals surface area contributed by atoms with Crippen molar-refractivity contribution in [1.29, 1.82) is 0 Å². The second-order valence-corrected chi connectivity index (χ2v) is 4.90. The summed E-state index contributed by atoms with van der Waals surface area (Å²) in [6.07, 6.45) is 0.350. The molecular formula is C17H20FNO. The van der Waals surface area contributed by atoms with Crippen molar-refractivity contribution in [2.45, 2.75) is 26.0 Å². The molecule has 2 nitrogen and oxygen atoms in total. The minimum Gasteiger partial charge on any atom is -0.391 e. The summed E-state index contributed by atoms with van der Waals surface area (Å²) in [7, 11) is 0. The van der Waals surface area contributed by atoms with Gasteiger partial charge in [-0.3, -0.25) is 0 Å². The topological polar surface area (TPSA) is 23.5 Å². The standard InChI is InChI=1S/C17H20FNO/c1-2-17(20)13-19(16-6-4-3-5-7-16)12-14-8-10-15(18)11-9-14/h3-11,17,20H,2,12-13H2,1H3. The Hall–Kier alpha value is -1.87. The lowest BCUT2D eigenvalue weighted by atomic mass is 10.1. The number of aliphatic hydroxyl groups excluding tert-OH is 1. The van der Waals surface area contributed by atoms with Crippen molar-refractivity contribution in [2.24, 2.45) is 0 Å². The lowest BCUT2D eigenvalue weighted by molar-refractivity contribution is 0.175. The van der Waals surface area contributed by atoms with E-state index in [9.17, 15) is 9.50 Å². The van der Waals surface area contributed by atoms with Crippen molar-refractivity contribution in [3.8, 4) is 0 Å². The van der Waals surface area contributed by atoms with E-state index in [1.165, 1.54) is 12.1 Å². The minimum absolute atomic E-state index is 0.228. The lowest BCUT2D eigenvalue weighted by Crippen LogP contribution is -2.31. The molecule has 3 heteroatoms. The molecule has 1 unspecified atom stereocenters. The lowest BCUT2D eigenvalue weighted by Gasteiger charge is -2.27.